The fourth-order valence-corrected chi connectivity index (χ4v) is 2.05. The van der Waals surface area contributed by atoms with Crippen molar-refractivity contribution >= 4 is 11.7 Å². The van der Waals surface area contributed by atoms with Crippen LogP contribution in [0, 0.1) is 22.0 Å². The molecule has 1 aromatic carbocycles. The lowest BCUT2D eigenvalue weighted by molar-refractivity contribution is -0.384. The number of carboxylic acids is 1. The minimum absolute atomic E-state index is 0.0139. The number of non-ortho nitro benzene ring substituents is 1. The van der Waals surface area contributed by atoms with E-state index in [-0.39, 0.29) is 23.9 Å². The van der Waals surface area contributed by atoms with Gasteiger partial charge in [-0.2, -0.15) is 0 Å². The van der Waals surface area contributed by atoms with Gasteiger partial charge in [0.1, 0.15) is 5.75 Å². The van der Waals surface area contributed by atoms with Crippen molar-refractivity contribution in [2.24, 2.45) is 17.6 Å². The van der Waals surface area contributed by atoms with E-state index in [0.29, 0.717) is 25.3 Å². The fraction of sp³-hybridized carbons (Fsp3) is 0.500. The lowest BCUT2D eigenvalue weighted by Crippen LogP contribution is -2.22. The van der Waals surface area contributed by atoms with Crippen LogP contribution in [0.15, 0.2) is 24.3 Å². The zero-order chi connectivity index (χ0) is 15.8. The van der Waals surface area contributed by atoms with Crippen LogP contribution >= 0.6 is 0 Å². The molecule has 0 aliphatic heterocycles. The summed E-state index contributed by atoms with van der Waals surface area (Å²) in [4.78, 5) is 20.7. The van der Waals surface area contributed by atoms with Gasteiger partial charge in [0.05, 0.1) is 11.5 Å². The monoisotopic (exact) mass is 296 g/mol. The standard InChI is InChI=1S/C14H20N2O5/c1-10(6-11(8-15)7-14(17)18)9-21-13-4-2-12(3-5-13)16(19)20/h2-5,10-11H,6-9,15H2,1H3,(H,17,18)/t10-,11-/m0/s1. The van der Waals surface area contributed by atoms with Gasteiger partial charge >= 0.3 is 5.97 Å². The highest BCUT2D eigenvalue weighted by atomic mass is 16.6. The van der Waals surface area contributed by atoms with Crippen molar-refractivity contribution in [2.45, 2.75) is 19.8 Å². The number of benzene rings is 1. The Morgan fingerprint density at radius 2 is 2.05 bits per heavy atom. The van der Waals surface area contributed by atoms with Crippen LogP contribution in [0.5, 0.6) is 5.75 Å². The number of nitro groups is 1. The molecule has 0 amide bonds. The summed E-state index contributed by atoms with van der Waals surface area (Å²) < 4.78 is 5.54. The first-order valence-electron chi connectivity index (χ1n) is 6.71. The van der Waals surface area contributed by atoms with Gasteiger partial charge in [0.15, 0.2) is 0 Å². The summed E-state index contributed by atoms with van der Waals surface area (Å²) in [6, 6.07) is 5.85. The van der Waals surface area contributed by atoms with Crippen molar-refractivity contribution in [1.29, 1.82) is 0 Å². The summed E-state index contributed by atoms with van der Waals surface area (Å²) in [5.74, 6) is -0.227. The van der Waals surface area contributed by atoms with E-state index in [4.69, 9.17) is 15.6 Å². The first-order valence-corrected chi connectivity index (χ1v) is 6.71. The molecule has 0 aromatic heterocycles. The smallest absolute Gasteiger partial charge is 0.303 e. The molecule has 0 bridgehead atoms. The Balaban J connectivity index is 2.43. The van der Waals surface area contributed by atoms with Crippen molar-refractivity contribution in [2.75, 3.05) is 13.2 Å². The molecule has 2 atom stereocenters. The minimum atomic E-state index is -0.853. The molecule has 116 valence electrons. The summed E-state index contributed by atoms with van der Waals surface area (Å²) >= 11 is 0. The molecule has 0 fully saturated rings. The van der Waals surface area contributed by atoms with Gasteiger partial charge in [0, 0.05) is 18.6 Å². The fourth-order valence-electron chi connectivity index (χ4n) is 2.05. The molecule has 21 heavy (non-hydrogen) atoms. The van der Waals surface area contributed by atoms with Crippen molar-refractivity contribution in [3.63, 3.8) is 0 Å². The third-order valence-corrected chi connectivity index (χ3v) is 3.11. The van der Waals surface area contributed by atoms with E-state index >= 15 is 0 Å². The molecule has 0 saturated carbocycles. The molecule has 0 heterocycles. The summed E-state index contributed by atoms with van der Waals surface area (Å²) in [7, 11) is 0. The number of hydrogen-bond donors (Lipinski definition) is 2. The molecule has 0 spiro atoms. The quantitative estimate of drug-likeness (QED) is 0.532. The molecule has 1 aromatic rings. The van der Waals surface area contributed by atoms with Crippen LogP contribution in [0.2, 0.25) is 0 Å². The van der Waals surface area contributed by atoms with Gasteiger partial charge in [0.25, 0.3) is 5.69 Å². The number of nitro benzene ring substituents is 1. The van der Waals surface area contributed by atoms with Crippen LogP contribution in [-0.4, -0.2) is 29.2 Å². The molecule has 7 nitrogen and oxygen atoms in total. The average Bonchev–Trinajstić information content (AvgIpc) is 2.44. The second-order valence-electron chi connectivity index (χ2n) is 5.10. The van der Waals surface area contributed by atoms with Crippen LogP contribution in [0.1, 0.15) is 19.8 Å². The summed E-state index contributed by atoms with van der Waals surface area (Å²) in [6.45, 7) is 2.69. The number of nitrogens with zero attached hydrogens (tertiary/aromatic N) is 1. The van der Waals surface area contributed by atoms with Gasteiger partial charge in [-0.15, -0.1) is 0 Å². The number of ether oxygens (including phenoxy) is 1. The van der Waals surface area contributed by atoms with Gasteiger partial charge < -0.3 is 15.6 Å². The molecule has 0 saturated heterocycles. The van der Waals surface area contributed by atoms with E-state index in [2.05, 4.69) is 0 Å². The van der Waals surface area contributed by atoms with E-state index in [0.717, 1.165) is 0 Å². The van der Waals surface area contributed by atoms with E-state index in [9.17, 15) is 14.9 Å². The third kappa shape index (κ3) is 6.22. The maximum atomic E-state index is 10.7. The Kier molecular flexibility index (Phi) is 6.61. The Labute approximate surface area is 122 Å². The van der Waals surface area contributed by atoms with Crippen molar-refractivity contribution in [1.82, 2.24) is 0 Å². The molecular weight excluding hydrogens is 276 g/mol. The molecular formula is C14H20N2O5. The second-order valence-corrected chi connectivity index (χ2v) is 5.10. The Morgan fingerprint density at radius 3 is 2.52 bits per heavy atom. The Morgan fingerprint density at radius 1 is 1.43 bits per heavy atom. The zero-order valence-corrected chi connectivity index (χ0v) is 11.9. The lowest BCUT2D eigenvalue weighted by atomic mass is 9.94. The number of rotatable bonds is 9. The maximum absolute atomic E-state index is 10.7. The number of nitrogens with two attached hydrogens (primary N) is 1. The first kappa shape index (κ1) is 16.9. The van der Waals surface area contributed by atoms with Gasteiger partial charge in [-0.25, -0.2) is 0 Å². The normalized spacial score (nSPS) is 13.4. The molecule has 0 aliphatic carbocycles. The SMILES string of the molecule is C[C@H](COc1ccc([N+](=O)[O-])cc1)C[C@H](CN)CC(=O)O. The first-order chi connectivity index (χ1) is 9.92. The van der Waals surface area contributed by atoms with E-state index in [1.807, 2.05) is 6.92 Å². The zero-order valence-electron chi connectivity index (χ0n) is 11.9. The van der Waals surface area contributed by atoms with Crippen LogP contribution in [-0.2, 0) is 4.79 Å². The number of carboxylic acid groups (broad SMARTS) is 1. The molecule has 1 rings (SSSR count). The lowest BCUT2D eigenvalue weighted by Gasteiger charge is -2.18. The van der Waals surface area contributed by atoms with Gasteiger partial charge in [0.2, 0.25) is 0 Å². The highest BCUT2D eigenvalue weighted by molar-refractivity contribution is 5.67. The van der Waals surface area contributed by atoms with E-state index in [1.165, 1.54) is 12.1 Å². The van der Waals surface area contributed by atoms with Crippen LogP contribution in [0.4, 0.5) is 5.69 Å². The van der Waals surface area contributed by atoms with Crippen LogP contribution in [0.25, 0.3) is 0 Å². The average molecular weight is 296 g/mol. The second kappa shape index (κ2) is 8.21. The Bertz CT molecular complexity index is 475. The van der Waals surface area contributed by atoms with Gasteiger partial charge in [-0.3, -0.25) is 14.9 Å². The Hall–Kier alpha value is -2.15. The summed E-state index contributed by atoms with van der Waals surface area (Å²) in [5, 5.41) is 19.3. The van der Waals surface area contributed by atoms with Crippen molar-refractivity contribution in [3.8, 4) is 5.75 Å². The van der Waals surface area contributed by atoms with Crippen molar-refractivity contribution < 1.29 is 19.6 Å². The molecule has 3 N–H and O–H groups in total. The van der Waals surface area contributed by atoms with Crippen LogP contribution < -0.4 is 10.5 Å². The summed E-state index contributed by atoms with van der Waals surface area (Å²) in [5.41, 5.74) is 5.57. The third-order valence-electron chi connectivity index (χ3n) is 3.11. The molecule has 0 aliphatic rings. The van der Waals surface area contributed by atoms with E-state index < -0.39 is 10.9 Å². The highest BCUT2D eigenvalue weighted by Crippen LogP contribution is 2.20. The maximum Gasteiger partial charge on any atom is 0.303 e. The predicted octanol–water partition coefficient (Wildman–Crippen LogP) is 2.05. The van der Waals surface area contributed by atoms with Crippen LogP contribution in [0.3, 0.4) is 0 Å². The van der Waals surface area contributed by atoms with E-state index in [1.54, 1.807) is 12.1 Å². The number of aliphatic carboxylic acids is 1. The van der Waals surface area contributed by atoms with Gasteiger partial charge in [-0.05, 0) is 36.9 Å². The largest absolute Gasteiger partial charge is 0.493 e. The predicted molar refractivity (Wildman–Crippen MR) is 77.2 cm³/mol. The number of hydrogen-bond acceptors (Lipinski definition) is 5. The van der Waals surface area contributed by atoms with Crippen molar-refractivity contribution in [3.05, 3.63) is 34.4 Å². The minimum Gasteiger partial charge on any atom is -0.493 e. The topological polar surface area (TPSA) is 116 Å². The molecule has 7 heteroatoms. The summed E-state index contributed by atoms with van der Waals surface area (Å²) in [6.07, 6.45) is 0.716. The number of carbonyl (C=O) groups is 1. The van der Waals surface area contributed by atoms with Gasteiger partial charge in [-0.1, -0.05) is 6.92 Å². The molecule has 0 unspecified atom stereocenters. The molecule has 0 radical (unpaired) electrons. The highest BCUT2D eigenvalue weighted by Gasteiger charge is 2.16.